The Morgan fingerprint density at radius 2 is 1.81 bits per heavy atom. The van der Waals surface area contributed by atoms with E-state index in [-0.39, 0.29) is 5.78 Å². The molecule has 1 N–H and O–H groups in total. The second-order valence-corrected chi connectivity index (χ2v) is 7.78. The molecule has 0 spiro atoms. The van der Waals surface area contributed by atoms with Crippen LogP contribution in [0.3, 0.4) is 0 Å². The van der Waals surface area contributed by atoms with Crippen LogP contribution in [0.2, 0.25) is 5.02 Å². The number of thiazole rings is 1. The lowest BCUT2D eigenvalue weighted by Crippen LogP contribution is -2.03. The molecule has 0 aliphatic heterocycles. The Bertz CT molecular complexity index is 907. The summed E-state index contributed by atoms with van der Waals surface area (Å²) in [6.45, 7) is 2.89. The third-order valence-electron chi connectivity index (χ3n) is 4.48. The number of aromatic nitrogens is 1. The Morgan fingerprint density at radius 1 is 1.07 bits per heavy atom. The van der Waals surface area contributed by atoms with Crippen LogP contribution in [0.4, 0.5) is 5.13 Å². The molecule has 1 aromatic heterocycles. The summed E-state index contributed by atoms with van der Waals surface area (Å²) in [7, 11) is 0. The number of carbonyl (C=O) groups is 1. The number of nitrogens with zero attached hydrogens (tertiary/aromatic N) is 1. The second-order valence-electron chi connectivity index (χ2n) is 6.34. The van der Waals surface area contributed by atoms with E-state index in [0.29, 0.717) is 4.88 Å². The number of aryl methyl sites for hydroxylation is 2. The quantitative estimate of drug-likeness (QED) is 0.353. The number of benzene rings is 2. The van der Waals surface area contributed by atoms with Gasteiger partial charge in [0.2, 0.25) is 5.78 Å². The van der Waals surface area contributed by atoms with Crippen molar-refractivity contribution in [2.45, 2.75) is 32.6 Å². The molecule has 0 saturated heterocycles. The molecule has 0 aliphatic rings. The minimum Gasteiger partial charge on any atom is -0.362 e. The minimum atomic E-state index is 0.0525. The molecule has 5 heteroatoms. The highest BCUT2D eigenvalue weighted by Crippen LogP contribution is 2.23. The molecule has 1 heterocycles. The van der Waals surface area contributed by atoms with Crippen LogP contribution < -0.4 is 5.32 Å². The summed E-state index contributed by atoms with van der Waals surface area (Å²) in [5, 5.41) is 4.95. The summed E-state index contributed by atoms with van der Waals surface area (Å²) < 4.78 is 0. The summed E-state index contributed by atoms with van der Waals surface area (Å²) in [6.07, 6.45) is 5.56. The van der Waals surface area contributed by atoms with Gasteiger partial charge >= 0.3 is 0 Å². The van der Waals surface area contributed by atoms with Crippen LogP contribution in [0.15, 0.2) is 54.7 Å². The van der Waals surface area contributed by atoms with Gasteiger partial charge in [-0.1, -0.05) is 72.3 Å². The van der Waals surface area contributed by atoms with Gasteiger partial charge in [-0.15, -0.1) is 0 Å². The third kappa shape index (κ3) is 5.18. The first-order valence-electron chi connectivity index (χ1n) is 9.24. The smallest absolute Gasteiger partial charge is 0.204 e. The minimum absolute atomic E-state index is 0.0525. The van der Waals surface area contributed by atoms with Gasteiger partial charge in [-0.2, -0.15) is 0 Å². The van der Waals surface area contributed by atoms with E-state index < -0.39 is 0 Å². The Labute approximate surface area is 169 Å². The van der Waals surface area contributed by atoms with Gasteiger partial charge in [0.15, 0.2) is 5.13 Å². The van der Waals surface area contributed by atoms with E-state index in [2.05, 4.69) is 23.3 Å². The second kappa shape index (κ2) is 9.67. The summed E-state index contributed by atoms with van der Waals surface area (Å²) in [4.78, 5) is 17.8. The van der Waals surface area contributed by atoms with Gasteiger partial charge < -0.3 is 5.32 Å². The number of halogens is 1. The number of ketones is 1. The predicted octanol–water partition coefficient (Wildman–Crippen LogP) is 6.02. The average Bonchev–Trinajstić information content (AvgIpc) is 3.17. The number of anilines is 1. The van der Waals surface area contributed by atoms with Crippen molar-refractivity contribution in [3.63, 3.8) is 0 Å². The first-order valence-corrected chi connectivity index (χ1v) is 10.4. The summed E-state index contributed by atoms with van der Waals surface area (Å²) >= 11 is 7.60. The van der Waals surface area contributed by atoms with Gasteiger partial charge in [-0.3, -0.25) is 4.79 Å². The number of rotatable bonds is 9. The molecular weight excluding hydrogens is 376 g/mol. The predicted molar refractivity (Wildman–Crippen MR) is 114 cm³/mol. The van der Waals surface area contributed by atoms with Gasteiger partial charge in [-0.25, -0.2) is 4.98 Å². The summed E-state index contributed by atoms with van der Waals surface area (Å²) in [5.74, 6) is 0.0525. The van der Waals surface area contributed by atoms with E-state index >= 15 is 0 Å². The lowest BCUT2D eigenvalue weighted by Gasteiger charge is -2.05. The van der Waals surface area contributed by atoms with Gasteiger partial charge in [0, 0.05) is 17.1 Å². The van der Waals surface area contributed by atoms with Crippen molar-refractivity contribution in [2.24, 2.45) is 0 Å². The molecular formula is C22H23ClN2OS. The fourth-order valence-electron chi connectivity index (χ4n) is 2.98. The normalized spacial score (nSPS) is 10.7. The number of hydrogen-bond donors (Lipinski definition) is 1. The van der Waals surface area contributed by atoms with E-state index in [4.69, 9.17) is 11.6 Å². The Hall–Kier alpha value is -2.17. The zero-order valence-corrected chi connectivity index (χ0v) is 16.9. The van der Waals surface area contributed by atoms with Crippen molar-refractivity contribution in [3.8, 4) is 0 Å². The monoisotopic (exact) mass is 398 g/mol. The van der Waals surface area contributed by atoms with Crippen molar-refractivity contribution in [1.82, 2.24) is 4.98 Å². The van der Waals surface area contributed by atoms with Gasteiger partial charge in [0.05, 0.1) is 11.1 Å². The van der Waals surface area contributed by atoms with E-state index in [0.717, 1.165) is 53.5 Å². The zero-order valence-electron chi connectivity index (χ0n) is 15.4. The van der Waals surface area contributed by atoms with Crippen LogP contribution in [-0.2, 0) is 12.8 Å². The van der Waals surface area contributed by atoms with Crippen LogP contribution in [0, 0.1) is 0 Å². The lowest BCUT2D eigenvalue weighted by molar-refractivity contribution is 0.104. The van der Waals surface area contributed by atoms with Gasteiger partial charge in [-0.05, 0) is 42.9 Å². The molecule has 140 valence electrons. The number of hydrogen-bond acceptors (Lipinski definition) is 4. The molecule has 0 amide bonds. The fraction of sp³-hybridized carbons (Fsp3) is 0.273. The number of nitrogens with one attached hydrogen (secondary N) is 1. The number of unbranched alkanes of at least 4 members (excludes halogenated alkanes) is 1. The maximum Gasteiger partial charge on any atom is 0.204 e. The van der Waals surface area contributed by atoms with Crippen LogP contribution in [0.25, 0.3) is 0 Å². The lowest BCUT2D eigenvalue weighted by atomic mass is 10.0. The molecule has 0 unspecified atom stereocenters. The molecule has 3 rings (SSSR count). The summed E-state index contributed by atoms with van der Waals surface area (Å²) in [6, 6.07) is 15.7. The molecule has 0 saturated carbocycles. The molecule has 0 fully saturated rings. The Kier molecular flexibility index (Phi) is 7.02. The Balaban J connectivity index is 1.49. The van der Waals surface area contributed by atoms with E-state index in [1.807, 2.05) is 42.5 Å². The molecule has 0 bridgehead atoms. The highest BCUT2D eigenvalue weighted by Gasteiger charge is 2.15. The first-order chi connectivity index (χ1) is 13.2. The highest BCUT2D eigenvalue weighted by atomic mass is 35.5. The largest absolute Gasteiger partial charge is 0.362 e. The van der Waals surface area contributed by atoms with Gasteiger partial charge in [0.25, 0.3) is 0 Å². The molecule has 0 aliphatic carbocycles. The number of carbonyl (C=O) groups excluding carboxylic acids is 1. The van der Waals surface area contributed by atoms with Crippen LogP contribution in [0.1, 0.15) is 46.1 Å². The van der Waals surface area contributed by atoms with Crippen LogP contribution in [0.5, 0.6) is 0 Å². The van der Waals surface area contributed by atoms with Crippen molar-refractivity contribution in [2.75, 3.05) is 11.9 Å². The van der Waals surface area contributed by atoms with Crippen molar-refractivity contribution in [1.29, 1.82) is 0 Å². The fourth-order valence-corrected chi connectivity index (χ4v) is 4.01. The molecule has 27 heavy (non-hydrogen) atoms. The standard InChI is InChI=1S/C22H23ClN2OS/c1-2-16-9-3-5-12-18(16)21(26)20-15-25-22(27-20)24-14-8-7-11-17-10-4-6-13-19(17)23/h3-6,9-10,12-13,15H,2,7-8,11,14H2,1H3,(H,24,25). The van der Waals surface area contributed by atoms with E-state index in [1.54, 1.807) is 6.20 Å². The van der Waals surface area contributed by atoms with Crippen molar-refractivity contribution in [3.05, 3.63) is 81.3 Å². The maximum absolute atomic E-state index is 12.7. The molecule has 3 nitrogen and oxygen atoms in total. The van der Waals surface area contributed by atoms with Crippen LogP contribution in [-0.4, -0.2) is 17.3 Å². The van der Waals surface area contributed by atoms with Crippen molar-refractivity contribution < 1.29 is 4.79 Å². The zero-order chi connectivity index (χ0) is 19.1. The van der Waals surface area contributed by atoms with E-state index in [9.17, 15) is 4.79 Å². The average molecular weight is 399 g/mol. The molecule has 2 aromatic carbocycles. The van der Waals surface area contributed by atoms with E-state index in [1.165, 1.54) is 16.9 Å². The maximum atomic E-state index is 12.7. The topological polar surface area (TPSA) is 42.0 Å². The third-order valence-corrected chi connectivity index (χ3v) is 5.80. The Morgan fingerprint density at radius 3 is 2.59 bits per heavy atom. The SMILES string of the molecule is CCc1ccccc1C(=O)c1cnc(NCCCCc2ccccc2Cl)s1. The van der Waals surface area contributed by atoms with Gasteiger partial charge in [0.1, 0.15) is 0 Å². The molecule has 0 radical (unpaired) electrons. The van der Waals surface area contributed by atoms with Crippen molar-refractivity contribution >= 4 is 33.9 Å². The highest BCUT2D eigenvalue weighted by molar-refractivity contribution is 7.17. The molecule has 3 aromatic rings. The summed E-state index contributed by atoms with van der Waals surface area (Å²) in [5.41, 5.74) is 3.04. The van der Waals surface area contributed by atoms with Crippen LogP contribution >= 0.6 is 22.9 Å². The first kappa shape index (κ1) is 19.6. The molecule has 0 atom stereocenters.